The molecule has 13 heteroatoms. The van der Waals surface area contributed by atoms with E-state index in [9.17, 15) is 31.5 Å². The van der Waals surface area contributed by atoms with Crippen LogP contribution in [0.5, 0.6) is 5.75 Å². The number of hydrogen-bond acceptors (Lipinski definition) is 7. The van der Waals surface area contributed by atoms with Gasteiger partial charge in [-0.1, -0.05) is 36.8 Å². The van der Waals surface area contributed by atoms with Crippen molar-refractivity contribution < 1.29 is 41.0 Å². The first-order valence-corrected chi connectivity index (χ1v) is 18.3. The summed E-state index contributed by atoms with van der Waals surface area (Å²) in [4.78, 5) is 18.0. The van der Waals surface area contributed by atoms with Crippen LogP contribution in [0, 0.1) is 12.8 Å². The smallest absolute Gasteiger partial charge is 0.416 e. The van der Waals surface area contributed by atoms with E-state index < -0.39 is 33.7 Å². The zero-order chi connectivity index (χ0) is 36.6. The van der Waals surface area contributed by atoms with E-state index in [1.807, 2.05) is 32.7 Å². The second-order valence-corrected chi connectivity index (χ2v) is 15.0. The topological polar surface area (TPSA) is 108 Å². The number of alkyl halides is 3. The number of carbonyl (C=O) groups excluding carboxylic acids is 1. The van der Waals surface area contributed by atoms with E-state index in [1.165, 1.54) is 30.3 Å². The first kappa shape index (κ1) is 39.1. The number of amides is 1. The Bertz CT molecular complexity index is 1670. The summed E-state index contributed by atoms with van der Waals surface area (Å²) in [5.74, 6) is -0.354. The summed E-state index contributed by atoms with van der Waals surface area (Å²) in [6.07, 6.45) is -2.76. The van der Waals surface area contributed by atoms with Crippen LogP contribution in [0.2, 0.25) is 0 Å². The monoisotopic (exact) mass is 719 g/mol. The number of ether oxygens (including phenoxy) is 2. The third kappa shape index (κ3) is 10.7. The molecule has 0 aromatic heterocycles. The molecule has 0 saturated heterocycles. The molecular weight excluding hydrogens is 671 g/mol. The zero-order valence-corrected chi connectivity index (χ0v) is 30.1. The Hall–Kier alpha value is -3.65. The number of aliphatic hydroxyl groups excluding tert-OH is 1. The highest BCUT2D eigenvalue weighted by molar-refractivity contribution is 7.92. The summed E-state index contributed by atoms with van der Waals surface area (Å²) in [6, 6.07) is 15.5. The van der Waals surface area contributed by atoms with Crippen molar-refractivity contribution in [2.45, 2.75) is 82.8 Å². The lowest BCUT2D eigenvalue weighted by molar-refractivity contribution is -0.137. The number of likely N-dealkylation sites (N-methyl/N-ethyl adjacent to an activating group) is 1. The Labute approximate surface area is 293 Å². The van der Waals surface area contributed by atoms with Crippen LogP contribution in [0.4, 0.5) is 18.9 Å². The quantitative estimate of drug-likeness (QED) is 0.252. The summed E-state index contributed by atoms with van der Waals surface area (Å²) in [7, 11) is -2.09. The van der Waals surface area contributed by atoms with Gasteiger partial charge < -0.3 is 19.5 Å². The van der Waals surface area contributed by atoms with Crippen LogP contribution in [-0.2, 0) is 27.5 Å². The van der Waals surface area contributed by atoms with Crippen LogP contribution in [-0.4, -0.2) is 80.8 Å². The number of aliphatic hydroxyl groups is 1. The number of nitrogens with one attached hydrogen (secondary N) is 1. The van der Waals surface area contributed by atoms with E-state index >= 15 is 0 Å². The van der Waals surface area contributed by atoms with Crippen LogP contribution in [0.25, 0.3) is 0 Å². The molecule has 3 aromatic rings. The third-order valence-electron chi connectivity index (χ3n) is 8.86. The molecule has 1 aliphatic heterocycles. The van der Waals surface area contributed by atoms with Gasteiger partial charge in [0.1, 0.15) is 5.75 Å². The van der Waals surface area contributed by atoms with Gasteiger partial charge in [-0.15, -0.1) is 0 Å². The lowest BCUT2D eigenvalue weighted by atomic mass is 10.0. The molecule has 0 aliphatic carbocycles. The van der Waals surface area contributed by atoms with Crippen LogP contribution >= 0.6 is 0 Å². The third-order valence-corrected chi connectivity index (χ3v) is 10.3. The number of hydrogen-bond donors (Lipinski definition) is 2. The fourth-order valence-electron chi connectivity index (χ4n) is 5.86. The molecule has 1 heterocycles. The molecule has 4 rings (SSSR count). The van der Waals surface area contributed by atoms with Gasteiger partial charge in [0.05, 0.1) is 40.9 Å². The molecule has 3 aromatic carbocycles. The lowest BCUT2D eigenvalue weighted by Gasteiger charge is -2.36. The van der Waals surface area contributed by atoms with Crippen LogP contribution < -0.4 is 9.46 Å². The Morgan fingerprint density at radius 1 is 1.04 bits per heavy atom. The minimum atomic E-state index is -4.41. The maximum atomic E-state index is 14.4. The van der Waals surface area contributed by atoms with Crippen LogP contribution in [0.1, 0.15) is 67.1 Å². The molecule has 0 bridgehead atoms. The second-order valence-electron chi connectivity index (χ2n) is 13.3. The summed E-state index contributed by atoms with van der Waals surface area (Å²) in [5, 5.41) is 10.2. The van der Waals surface area contributed by atoms with Crippen molar-refractivity contribution in [1.29, 1.82) is 0 Å². The fourth-order valence-corrected chi connectivity index (χ4v) is 6.91. The predicted octanol–water partition coefficient (Wildman–Crippen LogP) is 6.74. The van der Waals surface area contributed by atoms with Crippen molar-refractivity contribution >= 4 is 21.6 Å². The minimum Gasteiger partial charge on any atom is -0.490 e. The highest BCUT2D eigenvalue weighted by atomic mass is 32.2. The summed E-state index contributed by atoms with van der Waals surface area (Å²) in [6.45, 7) is 8.65. The number of aryl methyl sites for hydroxylation is 1. The highest BCUT2D eigenvalue weighted by Gasteiger charge is 2.32. The Morgan fingerprint density at radius 2 is 1.72 bits per heavy atom. The Balaban J connectivity index is 1.61. The van der Waals surface area contributed by atoms with Gasteiger partial charge in [0.2, 0.25) is 0 Å². The molecule has 1 aliphatic rings. The van der Waals surface area contributed by atoms with Gasteiger partial charge in [0, 0.05) is 37.8 Å². The summed E-state index contributed by atoms with van der Waals surface area (Å²) < 4.78 is 80.9. The van der Waals surface area contributed by atoms with E-state index in [4.69, 9.17) is 9.47 Å². The number of halogens is 3. The Kier molecular flexibility index (Phi) is 13.3. The average Bonchev–Trinajstić information content (AvgIpc) is 3.06. The normalized spacial score (nSPS) is 20.5. The Morgan fingerprint density at radius 3 is 2.36 bits per heavy atom. The molecule has 274 valence electrons. The fraction of sp³-hybridized carbons (Fsp3) is 0.486. The van der Waals surface area contributed by atoms with E-state index in [0.717, 1.165) is 36.1 Å². The molecule has 4 atom stereocenters. The van der Waals surface area contributed by atoms with Crippen LogP contribution in [0.15, 0.2) is 71.6 Å². The van der Waals surface area contributed by atoms with Gasteiger partial charge in [-0.2, -0.15) is 13.2 Å². The van der Waals surface area contributed by atoms with Crippen molar-refractivity contribution in [1.82, 2.24) is 9.80 Å². The van der Waals surface area contributed by atoms with Gasteiger partial charge in [-0.05, 0) is 95.1 Å². The lowest BCUT2D eigenvalue weighted by Crippen LogP contribution is -2.47. The standard InChI is InChI=1S/C37H48F3N3O6S/c1-25-9-16-32(17-10-25)50(46,47)41-31-15-18-34-33(20-31)36(45)43(27(3)24-44)21-26(2)35(48-19-7-6-8-28(4)49-34)23-42(5)22-29-11-13-30(14-12-29)37(38,39)40/h9-18,20,26-28,35,41,44H,6-8,19,21-24H2,1-5H3/t26-,27+,28+,35+/m1/s1. The van der Waals surface area contributed by atoms with Gasteiger partial charge >= 0.3 is 6.18 Å². The molecular formula is C37H48F3N3O6S. The van der Waals surface area contributed by atoms with E-state index in [-0.39, 0.29) is 47.4 Å². The van der Waals surface area contributed by atoms with E-state index in [2.05, 4.69) is 4.72 Å². The van der Waals surface area contributed by atoms with Crippen molar-refractivity contribution in [3.05, 3.63) is 89.0 Å². The number of sulfonamides is 1. The van der Waals surface area contributed by atoms with Crippen molar-refractivity contribution in [2.24, 2.45) is 5.92 Å². The summed E-state index contributed by atoms with van der Waals surface area (Å²) in [5.41, 5.74) is 1.27. The molecule has 0 saturated carbocycles. The highest BCUT2D eigenvalue weighted by Crippen LogP contribution is 2.31. The molecule has 1 amide bonds. The van der Waals surface area contributed by atoms with Gasteiger partial charge in [-0.25, -0.2) is 8.42 Å². The predicted molar refractivity (Wildman–Crippen MR) is 187 cm³/mol. The molecule has 0 spiro atoms. The molecule has 0 fully saturated rings. The SMILES string of the molecule is Cc1ccc(S(=O)(=O)Nc2ccc3c(c2)C(=O)N([C@@H](C)CO)C[C@@H](C)[C@H](CN(C)Cc2ccc(C(F)(F)F)cc2)OCCCC[C@H](C)O3)cc1. The zero-order valence-electron chi connectivity index (χ0n) is 29.2. The van der Waals surface area contributed by atoms with Gasteiger partial charge in [-0.3, -0.25) is 14.4 Å². The second kappa shape index (κ2) is 17.0. The average molecular weight is 720 g/mol. The van der Waals surface area contributed by atoms with E-state index in [0.29, 0.717) is 31.9 Å². The number of carbonyl (C=O) groups is 1. The first-order valence-electron chi connectivity index (χ1n) is 16.9. The number of benzene rings is 3. The number of fused-ring (bicyclic) bond motifs is 1. The molecule has 0 radical (unpaired) electrons. The largest absolute Gasteiger partial charge is 0.490 e. The van der Waals surface area contributed by atoms with E-state index in [1.54, 1.807) is 36.1 Å². The van der Waals surface area contributed by atoms with Gasteiger partial charge in [0.15, 0.2) is 0 Å². The maximum absolute atomic E-state index is 14.4. The summed E-state index contributed by atoms with van der Waals surface area (Å²) >= 11 is 0. The van der Waals surface area contributed by atoms with Crippen molar-refractivity contribution in [2.75, 3.05) is 38.1 Å². The number of anilines is 1. The molecule has 9 nitrogen and oxygen atoms in total. The molecule has 50 heavy (non-hydrogen) atoms. The first-order chi connectivity index (χ1) is 23.6. The van der Waals surface area contributed by atoms with Crippen molar-refractivity contribution in [3.63, 3.8) is 0 Å². The van der Waals surface area contributed by atoms with Crippen LogP contribution in [0.3, 0.4) is 0 Å². The molecule has 2 N–H and O–H groups in total. The molecule has 0 unspecified atom stereocenters. The minimum absolute atomic E-state index is 0.0815. The van der Waals surface area contributed by atoms with Crippen molar-refractivity contribution in [3.8, 4) is 5.75 Å². The van der Waals surface area contributed by atoms with Gasteiger partial charge in [0.25, 0.3) is 15.9 Å². The number of nitrogens with zero attached hydrogens (tertiary/aromatic N) is 2. The maximum Gasteiger partial charge on any atom is 0.416 e. The number of rotatable bonds is 9.